The summed E-state index contributed by atoms with van der Waals surface area (Å²) >= 11 is 0. The first-order valence-electron chi connectivity index (χ1n) is 9.86. The van der Waals surface area contributed by atoms with Gasteiger partial charge in [0.25, 0.3) is 0 Å². The van der Waals surface area contributed by atoms with Gasteiger partial charge in [-0.15, -0.1) is 0 Å². The molecule has 0 saturated carbocycles. The van der Waals surface area contributed by atoms with Crippen molar-refractivity contribution in [3.05, 3.63) is 99.7 Å². The minimum absolute atomic E-state index is 0.0237. The number of halogens is 2. The van der Waals surface area contributed by atoms with Gasteiger partial charge in [0.2, 0.25) is 5.88 Å². The van der Waals surface area contributed by atoms with Crippen molar-refractivity contribution in [2.75, 3.05) is 19.6 Å². The molecule has 2 heterocycles. The van der Waals surface area contributed by atoms with Gasteiger partial charge in [-0.05, 0) is 48.4 Å². The minimum Gasteiger partial charge on any atom is -0.440 e. The lowest BCUT2D eigenvalue weighted by molar-refractivity contribution is -0.890. The van der Waals surface area contributed by atoms with Gasteiger partial charge in [0.05, 0.1) is 12.5 Å². The fourth-order valence-corrected chi connectivity index (χ4v) is 4.15. The third-order valence-corrected chi connectivity index (χ3v) is 5.57. The summed E-state index contributed by atoms with van der Waals surface area (Å²) in [5.41, 5.74) is 9.54. The quantitative estimate of drug-likeness (QED) is 0.824. The van der Waals surface area contributed by atoms with Crippen LogP contribution in [0.25, 0.3) is 6.08 Å². The maximum absolute atomic E-state index is 14.0. The Kier molecular flexibility index (Phi) is 5.39. The summed E-state index contributed by atoms with van der Waals surface area (Å²) in [6.45, 7) is 4.26. The maximum Gasteiger partial charge on any atom is 0.205 e. The molecular weight excluding hydrogens is 384 g/mol. The van der Waals surface area contributed by atoms with E-state index in [4.69, 9.17) is 10.5 Å². The largest absolute Gasteiger partial charge is 0.440 e. The molecule has 0 aromatic heterocycles. The Bertz CT molecular complexity index is 1130. The number of benzene rings is 2. The normalized spacial score (nSPS) is 22.5. The molecule has 0 spiro atoms. The Balaban J connectivity index is 1.89. The maximum atomic E-state index is 14.0. The van der Waals surface area contributed by atoms with Crippen LogP contribution in [0.4, 0.5) is 8.78 Å². The SMILES string of the molecule is CC[NH+]1CC2=C(OC(N)=C(C#N)[C@H]2c2cccc(F)c2)/C(=C/c2cccc(F)c2)C1. The van der Waals surface area contributed by atoms with Gasteiger partial charge < -0.3 is 15.4 Å². The van der Waals surface area contributed by atoms with E-state index in [9.17, 15) is 14.0 Å². The minimum atomic E-state index is -0.479. The van der Waals surface area contributed by atoms with Crippen LogP contribution in [0.3, 0.4) is 0 Å². The average molecular weight is 406 g/mol. The van der Waals surface area contributed by atoms with Gasteiger partial charge in [-0.3, -0.25) is 0 Å². The number of hydrogen-bond donors (Lipinski definition) is 2. The number of likely N-dealkylation sites (N-methyl/N-ethyl adjacent to an activating group) is 1. The molecule has 0 saturated heterocycles. The van der Waals surface area contributed by atoms with Gasteiger partial charge in [-0.25, -0.2) is 8.78 Å². The fraction of sp³-hybridized carbons (Fsp3) is 0.208. The van der Waals surface area contributed by atoms with Crippen LogP contribution in [-0.4, -0.2) is 19.6 Å². The van der Waals surface area contributed by atoms with Gasteiger partial charge >= 0.3 is 0 Å². The number of nitrogens with one attached hydrogen (secondary N) is 1. The predicted octanol–water partition coefficient (Wildman–Crippen LogP) is 3.03. The van der Waals surface area contributed by atoms with Gasteiger partial charge in [-0.1, -0.05) is 24.3 Å². The van der Waals surface area contributed by atoms with Crippen LogP contribution < -0.4 is 10.6 Å². The molecule has 0 aliphatic carbocycles. The van der Waals surface area contributed by atoms with Crippen molar-refractivity contribution in [2.45, 2.75) is 12.8 Å². The van der Waals surface area contributed by atoms with E-state index in [1.165, 1.54) is 29.2 Å². The number of rotatable bonds is 3. The summed E-state index contributed by atoms with van der Waals surface area (Å²) in [5, 5.41) is 9.76. The summed E-state index contributed by atoms with van der Waals surface area (Å²) < 4.78 is 33.6. The summed E-state index contributed by atoms with van der Waals surface area (Å²) in [6.07, 6.45) is 1.89. The number of hydrogen-bond acceptors (Lipinski definition) is 3. The van der Waals surface area contributed by atoms with Crippen LogP contribution in [0.5, 0.6) is 0 Å². The van der Waals surface area contributed by atoms with E-state index < -0.39 is 5.92 Å². The van der Waals surface area contributed by atoms with Gasteiger partial charge in [-0.2, -0.15) is 5.26 Å². The second-order valence-corrected chi connectivity index (χ2v) is 7.52. The second kappa shape index (κ2) is 8.13. The summed E-state index contributed by atoms with van der Waals surface area (Å²) in [4.78, 5) is 1.26. The zero-order valence-electron chi connectivity index (χ0n) is 16.6. The van der Waals surface area contributed by atoms with E-state index >= 15 is 0 Å². The first-order chi connectivity index (χ1) is 14.5. The third kappa shape index (κ3) is 3.72. The van der Waals surface area contributed by atoms with E-state index in [1.807, 2.05) is 12.1 Å². The van der Waals surface area contributed by atoms with E-state index in [0.29, 0.717) is 30.0 Å². The molecule has 4 rings (SSSR count). The van der Waals surface area contributed by atoms with Crippen LogP contribution in [0.15, 0.2) is 76.9 Å². The summed E-state index contributed by atoms with van der Waals surface area (Å²) in [5.74, 6) is -0.546. The summed E-state index contributed by atoms with van der Waals surface area (Å²) in [7, 11) is 0. The van der Waals surface area contributed by atoms with E-state index in [-0.39, 0.29) is 23.1 Å². The van der Waals surface area contributed by atoms with E-state index in [2.05, 4.69) is 13.0 Å². The van der Waals surface area contributed by atoms with Crippen LogP contribution in [0.1, 0.15) is 24.0 Å². The average Bonchev–Trinajstić information content (AvgIpc) is 2.73. The molecule has 2 aliphatic heterocycles. The molecule has 3 N–H and O–H groups in total. The highest BCUT2D eigenvalue weighted by atomic mass is 19.1. The highest BCUT2D eigenvalue weighted by molar-refractivity contribution is 5.62. The van der Waals surface area contributed by atoms with Crippen LogP contribution in [0.2, 0.25) is 0 Å². The first kappa shape index (κ1) is 19.9. The van der Waals surface area contributed by atoms with Gasteiger partial charge in [0, 0.05) is 11.1 Å². The molecule has 2 aliphatic rings. The van der Waals surface area contributed by atoms with Crippen molar-refractivity contribution < 1.29 is 18.4 Å². The van der Waals surface area contributed by atoms with Gasteiger partial charge in [0.1, 0.15) is 42.1 Å². The molecular formula is C24H22F2N3O+. The Morgan fingerprint density at radius 1 is 1.17 bits per heavy atom. The monoisotopic (exact) mass is 406 g/mol. The van der Waals surface area contributed by atoms with Crippen molar-refractivity contribution in [1.82, 2.24) is 0 Å². The molecule has 0 bridgehead atoms. The highest BCUT2D eigenvalue weighted by Crippen LogP contribution is 2.41. The molecule has 6 heteroatoms. The Hall–Kier alpha value is -3.43. The number of nitriles is 1. The number of ether oxygens (including phenoxy) is 1. The molecule has 4 nitrogen and oxygen atoms in total. The van der Waals surface area contributed by atoms with E-state index in [0.717, 1.165) is 17.7 Å². The third-order valence-electron chi connectivity index (χ3n) is 5.57. The number of nitrogens with zero attached hydrogens (tertiary/aromatic N) is 1. The molecule has 152 valence electrons. The van der Waals surface area contributed by atoms with Crippen molar-refractivity contribution in [3.63, 3.8) is 0 Å². The zero-order valence-corrected chi connectivity index (χ0v) is 16.6. The van der Waals surface area contributed by atoms with E-state index in [1.54, 1.807) is 18.2 Å². The van der Waals surface area contributed by atoms with Crippen molar-refractivity contribution in [3.8, 4) is 6.07 Å². The molecule has 2 aromatic rings. The number of allylic oxidation sites excluding steroid dienone is 1. The van der Waals surface area contributed by atoms with Crippen LogP contribution >= 0.6 is 0 Å². The molecule has 1 unspecified atom stereocenters. The molecule has 0 radical (unpaired) electrons. The Labute approximate surface area is 174 Å². The molecule has 2 atom stereocenters. The van der Waals surface area contributed by atoms with Crippen LogP contribution in [-0.2, 0) is 4.74 Å². The Morgan fingerprint density at radius 3 is 2.57 bits per heavy atom. The van der Waals surface area contributed by atoms with Crippen LogP contribution in [0, 0.1) is 23.0 Å². The second-order valence-electron chi connectivity index (χ2n) is 7.52. The predicted molar refractivity (Wildman–Crippen MR) is 110 cm³/mol. The van der Waals surface area contributed by atoms with Crippen molar-refractivity contribution in [2.24, 2.45) is 5.73 Å². The smallest absolute Gasteiger partial charge is 0.205 e. The first-order valence-corrected chi connectivity index (χ1v) is 9.86. The lowest BCUT2D eigenvalue weighted by Crippen LogP contribution is -3.12. The Morgan fingerprint density at radius 2 is 1.90 bits per heavy atom. The van der Waals surface area contributed by atoms with Gasteiger partial charge in [0.15, 0.2) is 0 Å². The molecule has 0 amide bonds. The zero-order chi connectivity index (χ0) is 21.3. The topological polar surface area (TPSA) is 63.5 Å². The highest BCUT2D eigenvalue weighted by Gasteiger charge is 2.39. The summed E-state index contributed by atoms with van der Waals surface area (Å²) in [6, 6.07) is 14.7. The lowest BCUT2D eigenvalue weighted by Gasteiger charge is -2.36. The number of nitrogens with two attached hydrogens (primary N) is 1. The molecule has 0 fully saturated rings. The van der Waals surface area contributed by atoms with Crippen molar-refractivity contribution in [1.29, 1.82) is 5.26 Å². The fourth-order valence-electron chi connectivity index (χ4n) is 4.15. The standard InChI is InChI=1S/C24H21F2N3O/c1-2-29-13-17(9-15-5-3-7-18(25)10-15)23-21(14-29)22(20(12-27)24(28)30-23)16-6-4-8-19(26)11-16/h3-11,22H,2,13-14,28H2,1H3/p+1/b17-9+/t22-/m1/s1. The molecule has 2 aromatic carbocycles. The molecule has 30 heavy (non-hydrogen) atoms. The van der Waals surface area contributed by atoms with Crippen molar-refractivity contribution >= 4 is 6.08 Å². The number of quaternary nitrogens is 1. The lowest BCUT2D eigenvalue weighted by atomic mass is 9.80.